The number of likely N-dealkylation sites (tertiary alicyclic amines) is 2. The number of carbonyl (C=O) groups excluding carboxylic acids is 1. The molecule has 2 aliphatic rings. The Morgan fingerprint density at radius 3 is 2.50 bits per heavy atom. The second-order valence-electron chi connectivity index (χ2n) is 5.23. The molecule has 1 aromatic rings. The van der Waals surface area contributed by atoms with Crippen molar-refractivity contribution in [1.29, 1.82) is 0 Å². The molecule has 6 heteroatoms. The fraction of sp³-hybridized carbons (Fsp3) is 0.750. The lowest BCUT2D eigenvalue weighted by atomic mass is 9.97. The summed E-state index contributed by atoms with van der Waals surface area (Å²) in [6.07, 6.45) is 5.86. The van der Waals surface area contributed by atoms with Crippen LogP contribution >= 0.6 is 0 Å². The summed E-state index contributed by atoms with van der Waals surface area (Å²) < 4.78 is 1.95. The van der Waals surface area contributed by atoms with Crippen LogP contribution in [0.1, 0.15) is 25.8 Å². The normalized spacial score (nSPS) is 23.1. The van der Waals surface area contributed by atoms with E-state index in [1.54, 1.807) is 13.1 Å². The summed E-state index contributed by atoms with van der Waals surface area (Å²) in [5, 5.41) is 7.88. The Bertz CT molecular complexity index is 404. The second kappa shape index (κ2) is 4.68. The van der Waals surface area contributed by atoms with Crippen molar-refractivity contribution in [2.75, 3.05) is 26.2 Å². The largest absolute Gasteiger partial charge is 0.343 e. The van der Waals surface area contributed by atoms with E-state index in [-0.39, 0.29) is 5.91 Å². The summed E-state index contributed by atoms with van der Waals surface area (Å²) in [5.74, 6) is 0.206. The van der Waals surface area contributed by atoms with Gasteiger partial charge in [0.2, 0.25) is 5.91 Å². The summed E-state index contributed by atoms with van der Waals surface area (Å²) in [7, 11) is 0. The van der Waals surface area contributed by atoms with E-state index in [0.717, 1.165) is 39.0 Å². The predicted octanol–water partition coefficient (Wildman–Crippen LogP) is 0.146. The average molecular weight is 249 g/mol. The quantitative estimate of drug-likeness (QED) is 0.748. The van der Waals surface area contributed by atoms with E-state index in [1.165, 1.54) is 0 Å². The Balaban J connectivity index is 1.47. The van der Waals surface area contributed by atoms with Crippen LogP contribution in [0.3, 0.4) is 0 Å². The molecule has 1 amide bonds. The molecule has 0 bridgehead atoms. The van der Waals surface area contributed by atoms with Crippen LogP contribution in [0.15, 0.2) is 12.4 Å². The van der Waals surface area contributed by atoms with Crippen LogP contribution in [0.5, 0.6) is 0 Å². The molecule has 98 valence electrons. The molecule has 2 aliphatic heterocycles. The fourth-order valence-electron chi connectivity index (χ4n) is 2.91. The van der Waals surface area contributed by atoms with E-state index in [1.807, 2.05) is 15.8 Å². The maximum Gasteiger partial charge on any atom is 0.219 e. The number of amides is 1. The number of aromatic nitrogens is 3. The molecule has 18 heavy (non-hydrogen) atoms. The summed E-state index contributed by atoms with van der Waals surface area (Å²) in [6.45, 7) is 5.60. The Morgan fingerprint density at radius 2 is 1.94 bits per heavy atom. The fourth-order valence-corrected chi connectivity index (χ4v) is 2.91. The predicted molar refractivity (Wildman–Crippen MR) is 65.9 cm³/mol. The van der Waals surface area contributed by atoms with Gasteiger partial charge in [0.1, 0.15) is 0 Å². The lowest BCUT2D eigenvalue weighted by Gasteiger charge is -2.46. The van der Waals surface area contributed by atoms with Crippen molar-refractivity contribution in [3.8, 4) is 0 Å². The molecule has 0 unspecified atom stereocenters. The van der Waals surface area contributed by atoms with Crippen LogP contribution < -0.4 is 0 Å². The zero-order valence-electron chi connectivity index (χ0n) is 10.7. The topological polar surface area (TPSA) is 54.3 Å². The molecular formula is C12H19N5O. The van der Waals surface area contributed by atoms with Gasteiger partial charge in [0.15, 0.2) is 0 Å². The van der Waals surface area contributed by atoms with Crippen LogP contribution in [0.2, 0.25) is 0 Å². The summed E-state index contributed by atoms with van der Waals surface area (Å²) in [4.78, 5) is 15.7. The first kappa shape index (κ1) is 11.6. The van der Waals surface area contributed by atoms with Gasteiger partial charge in [-0.05, 0) is 12.8 Å². The minimum Gasteiger partial charge on any atom is -0.343 e. The first-order chi connectivity index (χ1) is 8.74. The summed E-state index contributed by atoms with van der Waals surface area (Å²) in [5.41, 5.74) is 0. The number of hydrogen-bond donors (Lipinski definition) is 0. The van der Waals surface area contributed by atoms with Crippen LogP contribution in [0.4, 0.5) is 0 Å². The van der Waals surface area contributed by atoms with Crippen molar-refractivity contribution in [2.24, 2.45) is 0 Å². The zero-order chi connectivity index (χ0) is 12.5. The summed E-state index contributed by atoms with van der Waals surface area (Å²) >= 11 is 0. The van der Waals surface area contributed by atoms with Gasteiger partial charge in [0.05, 0.1) is 12.2 Å². The average Bonchev–Trinajstić information content (AvgIpc) is 2.81. The van der Waals surface area contributed by atoms with E-state index in [9.17, 15) is 4.79 Å². The highest BCUT2D eigenvalue weighted by Crippen LogP contribution is 2.27. The molecule has 3 rings (SSSR count). The first-order valence-corrected chi connectivity index (χ1v) is 6.59. The van der Waals surface area contributed by atoms with Crippen LogP contribution in [0.25, 0.3) is 0 Å². The van der Waals surface area contributed by atoms with Crippen molar-refractivity contribution in [3.05, 3.63) is 12.4 Å². The van der Waals surface area contributed by atoms with Gasteiger partial charge in [-0.3, -0.25) is 9.69 Å². The third-order valence-corrected chi connectivity index (χ3v) is 4.13. The monoisotopic (exact) mass is 249 g/mol. The molecule has 1 aromatic heterocycles. The summed E-state index contributed by atoms with van der Waals surface area (Å²) in [6, 6.07) is 1.12. The maximum absolute atomic E-state index is 11.3. The van der Waals surface area contributed by atoms with Crippen LogP contribution in [-0.4, -0.2) is 62.9 Å². The number of hydrogen-bond acceptors (Lipinski definition) is 4. The van der Waals surface area contributed by atoms with Crippen molar-refractivity contribution in [1.82, 2.24) is 24.8 Å². The Labute approximate surface area is 107 Å². The highest BCUT2D eigenvalue weighted by Gasteiger charge is 2.35. The second-order valence-corrected chi connectivity index (χ2v) is 5.23. The molecule has 0 aromatic carbocycles. The lowest BCUT2D eigenvalue weighted by Crippen LogP contribution is -2.56. The molecule has 0 aliphatic carbocycles. The van der Waals surface area contributed by atoms with E-state index in [0.29, 0.717) is 12.1 Å². The van der Waals surface area contributed by atoms with Gasteiger partial charge in [-0.2, -0.15) is 0 Å². The van der Waals surface area contributed by atoms with Gasteiger partial charge in [-0.15, -0.1) is 5.10 Å². The van der Waals surface area contributed by atoms with Crippen molar-refractivity contribution in [2.45, 2.75) is 31.8 Å². The van der Waals surface area contributed by atoms with Crippen molar-refractivity contribution < 1.29 is 4.79 Å². The minimum absolute atomic E-state index is 0.206. The highest BCUT2D eigenvalue weighted by atomic mass is 16.2. The SMILES string of the molecule is CC(=O)N1CCC(N2CC(n3ccnn3)C2)CC1. The molecule has 3 heterocycles. The zero-order valence-corrected chi connectivity index (χ0v) is 10.7. The third kappa shape index (κ3) is 2.12. The van der Waals surface area contributed by atoms with Crippen LogP contribution in [0, 0.1) is 0 Å². The Kier molecular flexibility index (Phi) is 3.03. The smallest absolute Gasteiger partial charge is 0.219 e. The molecular weight excluding hydrogens is 230 g/mol. The van der Waals surface area contributed by atoms with E-state index >= 15 is 0 Å². The molecule has 2 saturated heterocycles. The molecule has 0 atom stereocenters. The Morgan fingerprint density at radius 1 is 1.22 bits per heavy atom. The standard InChI is InChI=1S/C12H19N5O/c1-10(18)15-5-2-11(3-6-15)16-8-12(9-16)17-7-4-13-14-17/h4,7,11-12H,2-3,5-6,8-9H2,1H3. The Hall–Kier alpha value is -1.43. The first-order valence-electron chi connectivity index (χ1n) is 6.59. The van der Waals surface area contributed by atoms with Gasteiger partial charge in [0.25, 0.3) is 0 Å². The molecule has 0 N–H and O–H groups in total. The molecule has 0 radical (unpaired) electrons. The number of carbonyl (C=O) groups is 1. The van der Waals surface area contributed by atoms with Crippen molar-refractivity contribution >= 4 is 5.91 Å². The van der Waals surface area contributed by atoms with E-state index in [2.05, 4.69) is 15.2 Å². The molecule has 0 saturated carbocycles. The van der Waals surface area contributed by atoms with Crippen molar-refractivity contribution in [3.63, 3.8) is 0 Å². The van der Waals surface area contributed by atoms with Gasteiger partial charge in [-0.1, -0.05) is 5.21 Å². The van der Waals surface area contributed by atoms with Crippen LogP contribution in [-0.2, 0) is 4.79 Å². The third-order valence-electron chi connectivity index (χ3n) is 4.13. The van der Waals surface area contributed by atoms with Gasteiger partial charge in [0, 0.05) is 45.3 Å². The maximum atomic E-state index is 11.3. The van der Waals surface area contributed by atoms with Gasteiger partial charge in [-0.25, -0.2) is 4.68 Å². The highest BCUT2D eigenvalue weighted by molar-refractivity contribution is 5.73. The van der Waals surface area contributed by atoms with Gasteiger partial charge < -0.3 is 4.90 Å². The number of nitrogens with zero attached hydrogens (tertiary/aromatic N) is 5. The molecule has 0 spiro atoms. The van der Waals surface area contributed by atoms with E-state index in [4.69, 9.17) is 0 Å². The number of piperidine rings is 1. The van der Waals surface area contributed by atoms with E-state index < -0.39 is 0 Å². The molecule has 6 nitrogen and oxygen atoms in total. The molecule has 2 fully saturated rings. The number of rotatable bonds is 2. The lowest BCUT2D eigenvalue weighted by molar-refractivity contribution is -0.130. The van der Waals surface area contributed by atoms with Gasteiger partial charge >= 0.3 is 0 Å². The minimum atomic E-state index is 0.206.